The van der Waals surface area contributed by atoms with E-state index < -0.39 is 11.5 Å². The van der Waals surface area contributed by atoms with Crippen molar-refractivity contribution in [2.45, 2.75) is 25.5 Å². The Morgan fingerprint density at radius 1 is 1.59 bits per heavy atom. The molecule has 0 saturated carbocycles. The molecule has 17 heavy (non-hydrogen) atoms. The van der Waals surface area contributed by atoms with Gasteiger partial charge in [0.05, 0.1) is 5.60 Å². The number of hydrogen-bond acceptors (Lipinski definition) is 3. The van der Waals surface area contributed by atoms with Gasteiger partial charge in [-0.25, -0.2) is 0 Å². The number of nitrogens with zero attached hydrogens (tertiary/aromatic N) is 1. The fraction of sp³-hybridized carbons (Fsp3) is 0.462. The Bertz CT molecular complexity index is 429. The van der Waals surface area contributed by atoms with Gasteiger partial charge in [0.15, 0.2) is 0 Å². The number of rotatable bonds is 3. The van der Waals surface area contributed by atoms with Gasteiger partial charge >= 0.3 is 0 Å². The summed E-state index contributed by atoms with van der Waals surface area (Å²) in [4.78, 5) is 13.2. The molecule has 1 atom stereocenters. The van der Waals surface area contributed by atoms with Gasteiger partial charge in [0.2, 0.25) is 5.91 Å². The highest BCUT2D eigenvalue weighted by molar-refractivity contribution is 5.92. The molecule has 0 aliphatic carbocycles. The fourth-order valence-electron chi connectivity index (χ4n) is 2.25. The van der Waals surface area contributed by atoms with Crippen molar-refractivity contribution in [3.63, 3.8) is 0 Å². The summed E-state index contributed by atoms with van der Waals surface area (Å²) in [5.41, 5.74) is 6.25. The smallest absolute Gasteiger partial charge is 0.248 e. The minimum atomic E-state index is -0.582. The van der Waals surface area contributed by atoms with E-state index in [1.165, 1.54) is 0 Å². The molecule has 1 aromatic carbocycles. The largest absolute Gasteiger partial charge is 0.389 e. The van der Waals surface area contributed by atoms with Crippen LogP contribution in [0.15, 0.2) is 24.3 Å². The molecule has 4 nitrogen and oxygen atoms in total. The molecule has 92 valence electrons. The van der Waals surface area contributed by atoms with Crippen LogP contribution in [0.2, 0.25) is 0 Å². The van der Waals surface area contributed by atoms with Crippen LogP contribution in [0.4, 0.5) is 0 Å². The molecular formula is C13H18N2O2. The van der Waals surface area contributed by atoms with Crippen LogP contribution in [-0.2, 0) is 6.54 Å². The lowest BCUT2D eigenvalue weighted by molar-refractivity contribution is 0.0678. The van der Waals surface area contributed by atoms with E-state index >= 15 is 0 Å². The van der Waals surface area contributed by atoms with Gasteiger partial charge < -0.3 is 10.8 Å². The first-order chi connectivity index (χ1) is 7.96. The van der Waals surface area contributed by atoms with Crippen LogP contribution in [0.1, 0.15) is 29.3 Å². The number of primary amides is 1. The van der Waals surface area contributed by atoms with Crippen LogP contribution in [-0.4, -0.2) is 34.6 Å². The first-order valence-corrected chi connectivity index (χ1v) is 5.80. The maximum absolute atomic E-state index is 11.1. The second-order valence-electron chi connectivity index (χ2n) is 5.02. The van der Waals surface area contributed by atoms with Crippen molar-refractivity contribution in [2.24, 2.45) is 5.73 Å². The van der Waals surface area contributed by atoms with Crippen molar-refractivity contribution in [1.29, 1.82) is 0 Å². The molecule has 0 radical (unpaired) electrons. The Balaban J connectivity index is 2.04. The van der Waals surface area contributed by atoms with Crippen molar-refractivity contribution in [1.82, 2.24) is 4.90 Å². The van der Waals surface area contributed by atoms with E-state index in [0.717, 1.165) is 25.1 Å². The molecule has 1 amide bonds. The minimum absolute atomic E-state index is 0.403. The molecule has 1 fully saturated rings. The number of nitrogens with two attached hydrogens (primary N) is 1. The molecule has 2 rings (SSSR count). The number of benzene rings is 1. The standard InChI is InChI=1S/C13H18N2O2/c1-13(17)5-6-15(9-13)8-10-3-2-4-11(7-10)12(14)16/h2-4,7,17H,5-6,8-9H2,1H3,(H2,14,16). The number of β-amino-alcohol motifs (C(OH)–C–C–N with tert-alkyl or cyclic N) is 1. The van der Waals surface area contributed by atoms with Crippen LogP contribution in [0.25, 0.3) is 0 Å². The van der Waals surface area contributed by atoms with Crippen molar-refractivity contribution in [3.05, 3.63) is 35.4 Å². The van der Waals surface area contributed by atoms with Crippen LogP contribution in [0, 0.1) is 0 Å². The Labute approximate surface area is 101 Å². The number of hydrogen-bond donors (Lipinski definition) is 2. The molecular weight excluding hydrogens is 216 g/mol. The van der Waals surface area contributed by atoms with E-state index in [0.29, 0.717) is 12.1 Å². The third-order valence-corrected chi connectivity index (χ3v) is 3.15. The molecule has 1 aromatic rings. The average molecular weight is 234 g/mol. The normalized spacial score (nSPS) is 25.1. The van der Waals surface area contributed by atoms with Gasteiger partial charge in [-0.15, -0.1) is 0 Å². The summed E-state index contributed by atoms with van der Waals surface area (Å²) >= 11 is 0. The quantitative estimate of drug-likeness (QED) is 0.810. The molecule has 1 unspecified atom stereocenters. The second kappa shape index (κ2) is 4.47. The molecule has 0 bridgehead atoms. The zero-order valence-corrected chi connectivity index (χ0v) is 10.0. The van der Waals surface area contributed by atoms with Crippen molar-refractivity contribution in [2.75, 3.05) is 13.1 Å². The molecule has 0 aromatic heterocycles. The van der Waals surface area contributed by atoms with Gasteiger partial charge in [0.1, 0.15) is 0 Å². The Kier molecular flexibility index (Phi) is 3.17. The van der Waals surface area contributed by atoms with E-state index in [9.17, 15) is 9.90 Å². The van der Waals surface area contributed by atoms with E-state index in [-0.39, 0.29) is 0 Å². The summed E-state index contributed by atoms with van der Waals surface area (Å²) in [5.74, 6) is -0.403. The topological polar surface area (TPSA) is 66.6 Å². The minimum Gasteiger partial charge on any atom is -0.389 e. The van der Waals surface area contributed by atoms with E-state index in [1.54, 1.807) is 6.07 Å². The number of carbonyl (C=O) groups excluding carboxylic acids is 1. The van der Waals surface area contributed by atoms with Gasteiger partial charge in [-0.05, 0) is 31.0 Å². The second-order valence-corrected chi connectivity index (χ2v) is 5.02. The molecule has 1 heterocycles. The van der Waals surface area contributed by atoms with Gasteiger partial charge in [-0.1, -0.05) is 12.1 Å². The summed E-state index contributed by atoms with van der Waals surface area (Å²) in [6.45, 7) is 4.16. The van der Waals surface area contributed by atoms with Gasteiger partial charge in [0.25, 0.3) is 0 Å². The molecule has 0 spiro atoms. The Morgan fingerprint density at radius 3 is 2.94 bits per heavy atom. The van der Waals surface area contributed by atoms with Crippen LogP contribution < -0.4 is 5.73 Å². The van der Waals surface area contributed by atoms with Gasteiger partial charge in [-0.2, -0.15) is 0 Å². The van der Waals surface area contributed by atoms with Gasteiger partial charge in [-0.3, -0.25) is 9.69 Å². The third-order valence-electron chi connectivity index (χ3n) is 3.15. The predicted molar refractivity (Wildman–Crippen MR) is 65.5 cm³/mol. The number of aliphatic hydroxyl groups is 1. The fourth-order valence-corrected chi connectivity index (χ4v) is 2.25. The van der Waals surface area contributed by atoms with Crippen LogP contribution in [0.3, 0.4) is 0 Å². The number of carbonyl (C=O) groups is 1. The highest BCUT2D eigenvalue weighted by Gasteiger charge is 2.30. The third kappa shape index (κ3) is 3.05. The first-order valence-electron chi connectivity index (χ1n) is 5.80. The van der Waals surface area contributed by atoms with E-state index in [1.807, 2.05) is 25.1 Å². The highest BCUT2D eigenvalue weighted by Crippen LogP contribution is 2.22. The van der Waals surface area contributed by atoms with Gasteiger partial charge in [0, 0.05) is 25.2 Å². The highest BCUT2D eigenvalue weighted by atomic mass is 16.3. The predicted octanol–water partition coefficient (Wildman–Crippen LogP) is 0.742. The maximum atomic E-state index is 11.1. The van der Waals surface area contributed by atoms with Crippen LogP contribution in [0.5, 0.6) is 0 Å². The Hall–Kier alpha value is -1.39. The zero-order chi connectivity index (χ0) is 12.5. The molecule has 3 N–H and O–H groups in total. The molecule has 1 aliphatic heterocycles. The lowest BCUT2D eigenvalue weighted by Crippen LogP contribution is -2.29. The number of amides is 1. The zero-order valence-electron chi connectivity index (χ0n) is 10.0. The lowest BCUT2D eigenvalue weighted by Gasteiger charge is -2.18. The van der Waals surface area contributed by atoms with Crippen LogP contribution >= 0.6 is 0 Å². The summed E-state index contributed by atoms with van der Waals surface area (Å²) in [6, 6.07) is 7.34. The first kappa shape index (κ1) is 12.1. The summed E-state index contributed by atoms with van der Waals surface area (Å²) in [6.07, 6.45) is 0.794. The monoisotopic (exact) mass is 234 g/mol. The summed E-state index contributed by atoms with van der Waals surface area (Å²) in [7, 11) is 0. The SMILES string of the molecule is CC1(O)CCN(Cc2cccc(C(N)=O)c2)C1. The van der Waals surface area contributed by atoms with Crippen molar-refractivity contribution in [3.8, 4) is 0 Å². The summed E-state index contributed by atoms with van der Waals surface area (Å²) in [5, 5.41) is 9.87. The summed E-state index contributed by atoms with van der Waals surface area (Å²) < 4.78 is 0. The average Bonchev–Trinajstić information content (AvgIpc) is 2.58. The number of likely N-dealkylation sites (tertiary alicyclic amines) is 1. The molecule has 4 heteroatoms. The Morgan fingerprint density at radius 2 is 2.35 bits per heavy atom. The van der Waals surface area contributed by atoms with E-state index in [4.69, 9.17) is 5.73 Å². The van der Waals surface area contributed by atoms with E-state index in [2.05, 4.69) is 4.90 Å². The van der Waals surface area contributed by atoms with Crippen molar-refractivity contribution < 1.29 is 9.90 Å². The molecule has 1 saturated heterocycles. The molecule has 1 aliphatic rings. The van der Waals surface area contributed by atoms with Crippen molar-refractivity contribution >= 4 is 5.91 Å². The maximum Gasteiger partial charge on any atom is 0.248 e. The lowest BCUT2D eigenvalue weighted by atomic mass is 10.1.